The number of nitrogens with zero attached hydrogens (tertiary/aromatic N) is 1. The second kappa shape index (κ2) is 3.33. The molecule has 0 amide bonds. The summed E-state index contributed by atoms with van der Waals surface area (Å²) in [5, 5.41) is 8.87. The first kappa shape index (κ1) is 9.98. The molecule has 0 aliphatic carbocycles. The van der Waals surface area contributed by atoms with Crippen LogP contribution in [0.1, 0.15) is 17.4 Å². The van der Waals surface area contributed by atoms with Crippen LogP contribution in [0.5, 0.6) is 0 Å². The van der Waals surface area contributed by atoms with E-state index in [0.717, 1.165) is 0 Å². The van der Waals surface area contributed by atoms with E-state index < -0.39 is 12.3 Å². The number of halogens is 3. The van der Waals surface area contributed by atoms with Gasteiger partial charge in [0.2, 0.25) is 0 Å². The van der Waals surface area contributed by atoms with Crippen LogP contribution in [0.4, 0.5) is 13.2 Å². The molecule has 1 aromatic rings. The van der Waals surface area contributed by atoms with E-state index >= 15 is 0 Å². The summed E-state index contributed by atoms with van der Waals surface area (Å²) >= 11 is 0. The van der Waals surface area contributed by atoms with Crippen LogP contribution in [-0.2, 0) is 0 Å². The molecule has 1 rings (SSSR count). The number of aliphatic hydroxyl groups excluding tert-OH is 1. The van der Waals surface area contributed by atoms with Gasteiger partial charge in [0.15, 0.2) is 6.10 Å². The number of aromatic nitrogens is 1. The van der Waals surface area contributed by atoms with Crippen molar-refractivity contribution in [3.63, 3.8) is 0 Å². The molecule has 0 saturated heterocycles. The molecule has 1 atom stereocenters. The normalized spacial score (nSPS) is 14.2. The Bertz CT molecular complexity index is 298. The van der Waals surface area contributed by atoms with Crippen LogP contribution in [0, 0.1) is 6.92 Å². The van der Waals surface area contributed by atoms with Gasteiger partial charge in [-0.05, 0) is 13.0 Å². The van der Waals surface area contributed by atoms with E-state index in [0.29, 0.717) is 0 Å². The first-order chi connectivity index (χ1) is 5.93. The topological polar surface area (TPSA) is 33.1 Å². The third kappa shape index (κ3) is 2.18. The van der Waals surface area contributed by atoms with Gasteiger partial charge >= 0.3 is 6.18 Å². The van der Waals surface area contributed by atoms with Gasteiger partial charge in [0.1, 0.15) is 0 Å². The zero-order valence-corrected chi connectivity index (χ0v) is 6.84. The van der Waals surface area contributed by atoms with E-state index in [4.69, 9.17) is 5.11 Å². The number of aliphatic hydroxyl groups is 1. The molecular weight excluding hydrogens is 183 g/mol. The van der Waals surface area contributed by atoms with Crippen molar-refractivity contribution in [3.8, 4) is 0 Å². The molecule has 0 spiro atoms. The van der Waals surface area contributed by atoms with Crippen molar-refractivity contribution in [3.05, 3.63) is 29.6 Å². The quantitative estimate of drug-likeness (QED) is 0.736. The summed E-state index contributed by atoms with van der Waals surface area (Å²) in [6.07, 6.45) is -5.70. The van der Waals surface area contributed by atoms with Gasteiger partial charge in [-0.3, -0.25) is 4.98 Å². The number of alkyl halides is 3. The SMILES string of the molecule is Cc1ncccc1[C@@H](O)C(F)(F)F. The molecular formula is C8H8F3NO. The van der Waals surface area contributed by atoms with E-state index in [9.17, 15) is 13.2 Å². The highest BCUT2D eigenvalue weighted by molar-refractivity contribution is 5.21. The Morgan fingerprint density at radius 3 is 2.54 bits per heavy atom. The lowest BCUT2D eigenvalue weighted by molar-refractivity contribution is -0.207. The molecule has 0 bridgehead atoms. The summed E-state index contributed by atoms with van der Waals surface area (Å²) in [6.45, 7) is 1.42. The Labute approximate surface area is 73.0 Å². The Morgan fingerprint density at radius 1 is 1.46 bits per heavy atom. The molecule has 2 nitrogen and oxygen atoms in total. The standard InChI is InChI=1S/C8H8F3NO/c1-5-6(3-2-4-12-5)7(13)8(9,10)11/h2-4,7,13H,1H3/t7-/m1/s1. The predicted molar refractivity (Wildman–Crippen MR) is 40.0 cm³/mol. The van der Waals surface area contributed by atoms with E-state index in [1.54, 1.807) is 0 Å². The minimum absolute atomic E-state index is 0.187. The van der Waals surface area contributed by atoms with Crippen molar-refractivity contribution in [1.82, 2.24) is 4.98 Å². The van der Waals surface area contributed by atoms with Gasteiger partial charge in [-0.25, -0.2) is 0 Å². The van der Waals surface area contributed by atoms with Gasteiger partial charge in [-0.1, -0.05) is 6.07 Å². The highest BCUT2D eigenvalue weighted by Gasteiger charge is 2.40. The average Bonchev–Trinajstić information content (AvgIpc) is 2.02. The second-order valence-electron chi connectivity index (χ2n) is 2.62. The summed E-state index contributed by atoms with van der Waals surface area (Å²) < 4.78 is 36.1. The third-order valence-corrected chi connectivity index (χ3v) is 1.65. The monoisotopic (exact) mass is 191 g/mol. The molecule has 0 saturated carbocycles. The van der Waals surface area contributed by atoms with Crippen LogP contribution in [0.15, 0.2) is 18.3 Å². The molecule has 72 valence electrons. The van der Waals surface area contributed by atoms with Crippen LogP contribution in [0.3, 0.4) is 0 Å². The van der Waals surface area contributed by atoms with Crippen LogP contribution >= 0.6 is 0 Å². The maximum Gasteiger partial charge on any atom is 0.418 e. The highest BCUT2D eigenvalue weighted by Crippen LogP contribution is 2.32. The molecule has 5 heteroatoms. The summed E-state index contributed by atoms with van der Waals surface area (Å²) in [6, 6.07) is 2.57. The third-order valence-electron chi connectivity index (χ3n) is 1.65. The molecule has 0 aliphatic heterocycles. The van der Waals surface area contributed by atoms with Gasteiger partial charge in [0.25, 0.3) is 0 Å². The molecule has 1 N–H and O–H groups in total. The van der Waals surface area contributed by atoms with E-state index in [1.807, 2.05) is 0 Å². The Balaban J connectivity index is 3.02. The minimum atomic E-state index is -4.63. The van der Waals surface area contributed by atoms with Crippen molar-refractivity contribution in [2.24, 2.45) is 0 Å². The summed E-state index contributed by atoms with van der Waals surface area (Å²) in [4.78, 5) is 3.65. The number of hydrogen-bond acceptors (Lipinski definition) is 2. The van der Waals surface area contributed by atoms with E-state index in [2.05, 4.69) is 4.98 Å². The fourth-order valence-electron chi connectivity index (χ4n) is 0.962. The van der Waals surface area contributed by atoms with Crippen molar-refractivity contribution < 1.29 is 18.3 Å². The molecule has 1 heterocycles. The molecule has 0 fully saturated rings. The predicted octanol–water partition coefficient (Wildman–Crippen LogP) is 1.99. The molecule has 0 aromatic carbocycles. The van der Waals surface area contributed by atoms with Crippen LogP contribution in [0.2, 0.25) is 0 Å². The van der Waals surface area contributed by atoms with Gasteiger partial charge in [-0.2, -0.15) is 13.2 Å². The van der Waals surface area contributed by atoms with Crippen LogP contribution in [0.25, 0.3) is 0 Å². The van der Waals surface area contributed by atoms with Crippen molar-refractivity contribution in [2.75, 3.05) is 0 Å². The van der Waals surface area contributed by atoms with Gasteiger partial charge in [-0.15, -0.1) is 0 Å². The van der Waals surface area contributed by atoms with Gasteiger partial charge < -0.3 is 5.11 Å². The molecule has 0 unspecified atom stereocenters. The minimum Gasteiger partial charge on any atom is -0.379 e. The van der Waals surface area contributed by atoms with Crippen LogP contribution < -0.4 is 0 Å². The smallest absolute Gasteiger partial charge is 0.379 e. The lowest BCUT2D eigenvalue weighted by atomic mass is 10.1. The Morgan fingerprint density at radius 2 is 2.08 bits per heavy atom. The summed E-state index contributed by atoms with van der Waals surface area (Å²) in [5.41, 5.74) is -0.0117. The maximum atomic E-state index is 12.0. The number of aryl methyl sites for hydroxylation is 1. The van der Waals surface area contributed by atoms with Crippen LogP contribution in [-0.4, -0.2) is 16.3 Å². The largest absolute Gasteiger partial charge is 0.418 e. The molecule has 1 aromatic heterocycles. The first-order valence-corrected chi connectivity index (χ1v) is 3.59. The Hall–Kier alpha value is -1.10. The summed E-state index contributed by atoms with van der Waals surface area (Å²) in [7, 11) is 0. The molecule has 13 heavy (non-hydrogen) atoms. The maximum absolute atomic E-state index is 12.0. The zero-order chi connectivity index (χ0) is 10.1. The molecule has 0 radical (unpaired) electrons. The number of rotatable bonds is 1. The lowest BCUT2D eigenvalue weighted by Crippen LogP contribution is -2.21. The zero-order valence-electron chi connectivity index (χ0n) is 6.84. The van der Waals surface area contributed by atoms with Gasteiger partial charge in [0.05, 0.1) is 0 Å². The average molecular weight is 191 g/mol. The fourth-order valence-corrected chi connectivity index (χ4v) is 0.962. The number of hydrogen-bond donors (Lipinski definition) is 1. The second-order valence-corrected chi connectivity index (χ2v) is 2.62. The summed E-state index contributed by atoms with van der Waals surface area (Å²) in [5.74, 6) is 0. The number of pyridine rings is 1. The van der Waals surface area contributed by atoms with Gasteiger partial charge in [0, 0.05) is 17.5 Å². The van der Waals surface area contributed by atoms with Crippen molar-refractivity contribution >= 4 is 0 Å². The fraction of sp³-hybridized carbons (Fsp3) is 0.375. The highest BCUT2D eigenvalue weighted by atomic mass is 19.4. The van der Waals surface area contributed by atoms with Crippen molar-refractivity contribution in [2.45, 2.75) is 19.2 Å². The molecule has 0 aliphatic rings. The van der Waals surface area contributed by atoms with E-state index in [-0.39, 0.29) is 11.3 Å². The lowest BCUT2D eigenvalue weighted by Gasteiger charge is -2.15. The van der Waals surface area contributed by atoms with E-state index in [1.165, 1.54) is 25.3 Å². The van der Waals surface area contributed by atoms with Crippen molar-refractivity contribution in [1.29, 1.82) is 0 Å². The Kier molecular flexibility index (Phi) is 2.56. The first-order valence-electron chi connectivity index (χ1n) is 3.59.